The van der Waals surface area contributed by atoms with Crippen LogP contribution in [0.25, 0.3) is 0 Å². The third-order valence-electron chi connectivity index (χ3n) is 3.22. The van der Waals surface area contributed by atoms with Gasteiger partial charge in [-0.05, 0) is 20.3 Å². The molecule has 0 aromatic rings. The molecular formula is C12H19NO5. The Hall–Kier alpha value is -0.980. The van der Waals surface area contributed by atoms with Crippen LogP contribution >= 0.6 is 0 Å². The van der Waals surface area contributed by atoms with Crippen LogP contribution in [0.4, 0.5) is 0 Å². The van der Waals surface area contributed by atoms with E-state index in [4.69, 9.17) is 14.2 Å². The van der Waals surface area contributed by atoms with Gasteiger partial charge < -0.3 is 14.2 Å². The number of Topliss-reactive ketones (excluding diaryl/α,β-unsaturated/α-hetero) is 1. The van der Waals surface area contributed by atoms with Crippen molar-refractivity contribution in [3.8, 4) is 0 Å². The molecule has 1 unspecified atom stereocenters. The number of ether oxygens (including phenoxy) is 3. The topological polar surface area (TPSA) is 65.1 Å². The Bertz CT molecular complexity index is 326. The van der Waals surface area contributed by atoms with Gasteiger partial charge in [0.2, 0.25) is 6.41 Å². The third kappa shape index (κ3) is 2.88. The molecule has 2 heterocycles. The van der Waals surface area contributed by atoms with Gasteiger partial charge in [-0.15, -0.1) is 0 Å². The van der Waals surface area contributed by atoms with Gasteiger partial charge in [0.25, 0.3) is 0 Å². The van der Waals surface area contributed by atoms with Crippen molar-refractivity contribution in [3.63, 3.8) is 0 Å². The Kier molecular flexibility index (Phi) is 4.31. The third-order valence-corrected chi connectivity index (χ3v) is 3.22. The zero-order chi connectivity index (χ0) is 13.1. The molecule has 0 aromatic heterocycles. The van der Waals surface area contributed by atoms with Crippen molar-refractivity contribution < 1.29 is 23.8 Å². The predicted molar refractivity (Wildman–Crippen MR) is 61.4 cm³/mol. The van der Waals surface area contributed by atoms with Crippen molar-refractivity contribution in [3.05, 3.63) is 0 Å². The van der Waals surface area contributed by atoms with Crippen LogP contribution in [-0.2, 0) is 23.8 Å². The summed E-state index contributed by atoms with van der Waals surface area (Å²) in [6, 6.07) is 0. The summed E-state index contributed by atoms with van der Waals surface area (Å²) in [6.45, 7) is 5.03. The molecule has 0 aromatic carbocycles. The maximum Gasteiger partial charge on any atom is 0.316 e. The number of hydrogen-bond acceptors (Lipinski definition) is 6. The Balaban J connectivity index is 1.89. The molecule has 0 spiro atoms. The lowest BCUT2D eigenvalue weighted by Gasteiger charge is -2.40. The number of rotatable bonds is 3. The van der Waals surface area contributed by atoms with Crippen LogP contribution in [0.3, 0.4) is 0 Å². The molecule has 2 fully saturated rings. The van der Waals surface area contributed by atoms with E-state index in [9.17, 15) is 9.59 Å². The first-order valence-corrected chi connectivity index (χ1v) is 6.36. The zero-order valence-corrected chi connectivity index (χ0v) is 10.8. The van der Waals surface area contributed by atoms with E-state index in [-0.39, 0.29) is 18.5 Å². The molecule has 2 saturated heterocycles. The Morgan fingerprint density at radius 3 is 2.78 bits per heavy atom. The highest BCUT2D eigenvalue weighted by atomic mass is 16.9. The fourth-order valence-corrected chi connectivity index (χ4v) is 2.21. The standard InChI is InChI=1S/C12H19NO5/c1-3-16-11(15)9-4-6-13(7-5-10(9)14)12-17-8(2)18-12/h8-9,12H,3-7H2,1-2H3. The maximum atomic E-state index is 11.9. The van der Waals surface area contributed by atoms with Gasteiger partial charge in [-0.2, -0.15) is 0 Å². The van der Waals surface area contributed by atoms with Crippen molar-refractivity contribution in [2.45, 2.75) is 39.4 Å². The number of nitrogens with zero attached hydrogens (tertiary/aromatic N) is 1. The lowest BCUT2D eigenvalue weighted by molar-refractivity contribution is -0.422. The Morgan fingerprint density at radius 1 is 1.44 bits per heavy atom. The normalized spacial score (nSPS) is 33.7. The second-order valence-electron chi connectivity index (χ2n) is 4.49. The highest BCUT2D eigenvalue weighted by Crippen LogP contribution is 2.24. The molecule has 2 aliphatic heterocycles. The van der Waals surface area contributed by atoms with Gasteiger partial charge in [0, 0.05) is 19.5 Å². The van der Waals surface area contributed by atoms with E-state index < -0.39 is 11.9 Å². The second kappa shape index (κ2) is 5.77. The van der Waals surface area contributed by atoms with Gasteiger partial charge in [0.1, 0.15) is 11.7 Å². The van der Waals surface area contributed by atoms with Gasteiger partial charge in [0.05, 0.1) is 6.61 Å². The largest absolute Gasteiger partial charge is 0.465 e. The summed E-state index contributed by atoms with van der Waals surface area (Å²) in [7, 11) is 0. The van der Waals surface area contributed by atoms with Crippen molar-refractivity contribution >= 4 is 11.8 Å². The van der Waals surface area contributed by atoms with E-state index in [1.807, 2.05) is 11.8 Å². The van der Waals surface area contributed by atoms with Crippen molar-refractivity contribution in [1.29, 1.82) is 0 Å². The maximum absolute atomic E-state index is 11.9. The number of carbonyl (C=O) groups excluding carboxylic acids is 2. The van der Waals surface area contributed by atoms with E-state index in [1.54, 1.807) is 6.92 Å². The predicted octanol–water partition coefficient (Wildman–Crippen LogP) is 0.507. The van der Waals surface area contributed by atoms with Crippen LogP contribution in [0.1, 0.15) is 26.7 Å². The SMILES string of the molecule is CCOC(=O)C1CCN(C2OC(C)O2)CCC1=O. The first-order chi connectivity index (χ1) is 8.61. The quantitative estimate of drug-likeness (QED) is 0.542. The van der Waals surface area contributed by atoms with E-state index in [0.29, 0.717) is 32.5 Å². The van der Waals surface area contributed by atoms with Gasteiger partial charge in [0.15, 0.2) is 6.29 Å². The Morgan fingerprint density at radius 2 is 2.17 bits per heavy atom. The molecule has 0 saturated carbocycles. The van der Waals surface area contributed by atoms with Crippen LogP contribution in [0.15, 0.2) is 0 Å². The van der Waals surface area contributed by atoms with Crippen LogP contribution < -0.4 is 0 Å². The molecule has 1 atom stereocenters. The molecule has 6 heteroatoms. The molecule has 2 aliphatic rings. The van der Waals surface area contributed by atoms with Gasteiger partial charge in [-0.1, -0.05) is 0 Å². The summed E-state index contributed by atoms with van der Waals surface area (Å²) in [5.74, 6) is -1.09. The van der Waals surface area contributed by atoms with Crippen molar-refractivity contribution in [1.82, 2.24) is 4.90 Å². The average Bonchev–Trinajstić information content (AvgIpc) is 2.48. The second-order valence-corrected chi connectivity index (χ2v) is 4.49. The molecular weight excluding hydrogens is 238 g/mol. The molecule has 6 nitrogen and oxygen atoms in total. The summed E-state index contributed by atoms with van der Waals surface area (Å²) < 4.78 is 15.7. The smallest absolute Gasteiger partial charge is 0.316 e. The fraction of sp³-hybridized carbons (Fsp3) is 0.833. The van der Waals surface area contributed by atoms with E-state index >= 15 is 0 Å². The van der Waals surface area contributed by atoms with Gasteiger partial charge >= 0.3 is 5.97 Å². The lowest BCUT2D eigenvalue weighted by Crippen LogP contribution is -2.51. The van der Waals surface area contributed by atoms with Crippen LogP contribution in [0.2, 0.25) is 0 Å². The minimum atomic E-state index is -0.632. The summed E-state index contributed by atoms with van der Waals surface area (Å²) in [5.41, 5.74) is 0. The van der Waals surface area contributed by atoms with E-state index in [2.05, 4.69) is 0 Å². The summed E-state index contributed by atoms with van der Waals surface area (Å²) in [5, 5.41) is 0. The molecule has 0 bridgehead atoms. The molecule has 0 N–H and O–H groups in total. The monoisotopic (exact) mass is 257 g/mol. The van der Waals surface area contributed by atoms with Crippen LogP contribution in [0.5, 0.6) is 0 Å². The fourth-order valence-electron chi connectivity index (χ4n) is 2.21. The summed E-state index contributed by atoms with van der Waals surface area (Å²) in [6.07, 6.45) is 0.250. The summed E-state index contributed by atoms with van der Waals surface area (Å²) >= 11 is 0. The van der Waals surface area contributed by atoms with E-state index in [1.165, 1.54) is 0 Å². The zero-order valence-electron chi connectivity index (χ0n) is 10.8. The highest BCUT2D eigenvalue weighted by Gasteiger charge is 2.37. The molecule has 102 valence electrons. The first-order valence-electron chi connectivity index (χ1n) is 6.36. The van der Waals surface area contributed by atoms with Gasteiger partial charge in [-0.25, -0.2) is 0 Å². The number of hydrogen-bond donors (Lipinski definition) is 0. The Labute approximate surface area is 106 Å². The number of carbonyl (C=O) groups is 2. The molecule has 0 radical (unpaired) electrons. The van der Waals surface area contributed by atoms with Crippen LogP contribution in [0, 0.1) is 5.92 Å². The first kappa shape index (κ1) is 13.5. The summed E-state index contributed by atoms with van der Waals surface area (Å²) in [4.78, 5) is 25.5. The highest BCUT2D eigenvalue weighted by molar-refractivity contribution is 5.99. The lowest BCUT2D eigenvalue weighted by atomic mass is 10.00. The number of esters is 1. The van der Waals surface area contributed by atoms with Crippen LogP contribution in [-0.4, -0.2) is 49.1 Å². The average molecular weight is 257 g/mol. The molecule has 2 rings (SSSR count). The molecule has 18 heavy (non-hydrogen) atoms. The van der Waals surface area contributed by atoms with Gasteiger partial charge in [-0.3, -0.25) is 14.5 Å². The van der Waals surface area contributed by atoms with E-state index in [0.717, 1.165) is 0 Å². The minimum Gasteiger partial charge on any atom is -0.465 e. The number of likely N-dealkylation sites (tertiary alicyclic amines) is 1. The van der Waals surface area contributed by atoms with Crippen molar-refractivity contribution in [2.24, 2.45) is 5.92 Å². The molecule has 0 amide bonds. The molecule has 0 aliphatic carbocycles. The van der Waals surface area contributed by atoms with Crippen molar-refractivity contribution in [2.75, 3.05) is 19.7 Å². The minimum absolute atomic E-state index is 0.0525. The number of ketones is 1.